The van der Waals surface area contributed by atoms with Crippen LogP contribution in [-0.4, -0.2) is 0 Å². The van der Waals surface area contributed by atoms with Crippen LogP contribution in [0.5, 0.6) is 0 Å². The zero-order chi connectivity index (χ0) is 9.42. The van der Waals surface area contributed by atoms with E-state index in [1.54, 1.807) is 11.3 Å². The first-order chi connectivity index (χ1) is 6.22. The number of thiophene rings is 1. The first-order valence-electron chi connectivity index (χ1n) is 4.40. The maximum Gasteiger partial charge on any atom is 0.0620 e. The highest BCUT2D eigenvalue weighted by atomic mass is 35.5. The molecule has 2 heteroatoms. The molecule has 0 bridgehead atoms. The molecule has 0 nitrogen and oxygen atoms in total. The van der Waals surface area contributed by atoms with Crippen molar-refractivity contribution in [2.45, 2.75) is 20.3 Å². The molecule has 0 spiro atoms. The van der Waals surface area contributed by atoms with Crippen LogP contribution >= 0.6 is 22.9 Å². The smallest absolute Gasteiger partial charge is 0.0620 e. The van der Waals surface area contributed by atoms with Gasteiger partial charge in [0.1, 0.15) is 0 Å². The molecule has 1 aromatic heterocycles. The number of aryl methyl sites for hydroxylation is 2. The second-order valence-corrected chi connectivity index (χ2v) is 4.79. The summed E-state index contributed by atoms with van der Waals surface area (Å²) in [6.45, 7) is 4.24. The van der Waals surface area contributed by atoms with Gasteiger partial charge in [-0.05, 0) is 25.0 Å². The molecule has 0 N–H and O–H groups in total. The van der Waals surface area contributed by atoms with Crippen molar-refractivity contribution in [2.24, 2.45) is 0 Å². The lowest BCUT2D eigenvalue weighted by atomic mass is 10.1. The topological polar surface area (TPSA) is 0 Å². The normalized spacial score (nSPS) is 11.0. The highest BCUT2D eigenvalue weighted by molar-refractivity contribution is 7.19. The van der Waals surface area contributed by atoms with E-state index in [1.165, 1.54) is 20.5 Å². The summed E-state index contributed by atoms with van der Waals surface area (Å²) in [5.74, 6) is 0. The molecular formula is C11H11ClS. The Kier molecular flexibility index (Phi) is 2.31. The van der Waals surface area contributed by atoms with Gasteiger partial charge in [-0.3, -0.25) is 0 Å². The van der Waals surface area contributed by atoms with E-state index in [1.807, 2.05) is 0 Å². The average molecular weight is 211 g/mol. The SMILES string of the molecule is CCc1ccc2c(Cl)c(C)sc2c1. The zero-order valence-electron chi connectivity index (χ0n) is 7.73. The number of benzene rings is 1. The van der Waals surface area contributed by atoms with Crippen LogP contribution in [0.25, 0.3) is 10.1 Å². The Balaban J connectivity index is 2.73. The van der Waals surface area contributed by atoms with E-state index in [0.29, 0.717) is 0 Å². The minimum absolute atomic E-state index is 0.919. The fraction of sp³-hybridized carbons (Fsp3) is 0.273. The molecule has 0 saturated heterocycles. The van der Waals surface area contributed by atoms with Crippen molar-refractivity contribution in [3.8, 4) is 0 Å². The predicted molar refractivity (Wildman–Crippen MR) is 61.0 cm³/mol. The van der Waals surface area contributed by atoms with E-state index in [-0.39, 0.29) is 0 Å². The summed E-state index contributed by atoms with van der Waals surface area (Å²) in [7, 11) is 0. The minimum Gasteiger partial charge on any atom is -0.139 e. The van der Waals surface area contributed by atoms with E-state index in [9.17, 15) is 0 Å². The second kappa shape index (κ2) is 3.32. The van der Waals surface area contributed by atoms with Crippen molar-refractivity contribution >= 4 is 33.0 Å². The molecule has 0 atom stereocenters. The Bertz CT molecular complexity index is 443. The van der Waals surface area contributed by atoms with E-state index in [4.69, 9.17) is 11.6 Å². The van der Waals surface area contributed by atoms with Crippen LogP contribution in [0.15, 0.2) is 18.2 Å². The molecule has 0 saturated carbocycles. The first-order valence-corrected chi connectivity index (χ1v) is 5.59. The second-order valence-electron chi connectivity index (χ2n) is 3.16. The summed E-state index contributed by atoms with van der Waals surface area (Å²) in [4.78, 5) is 1.21. The first kappa shape index (κ1) is 9.04. The van der Waals surface area contributed by atoms with Crippen LogP contribution in [0.3, 0.4) is 0 Å². The van der Waals surface area contributed by atoms with Gasteiger partial charge in [0.05, 0.1) is 5.02 Å². The van der Waals surface area contributed by atoms with Crippen molar-refractivity contribution in [1.82, 2.24) is 0 Å². The molecule has 0 aliphatic carbocycles. The van der Waals surface area contributed by atoms with Crippen molar-refractivity contribution in [2.75, 3.05) is 0 Å². The monoisotopic (exact) mass is 210 g/mol. The fourth-order valence-electron chi connectivity index (χ4n) is 1.45. The van der Waals surface area contributed by atoms with Crippen molar-refractivity contribution in [1.29, 1.82) is 0 Å². The van der Waals surface area contributed by atoms with Gasteiger partial charge in [0, 0.05) is 15.0 Å². The van der Waals surface area contributed by atoms with E-state index < -0.39 is 0 Å². The molecule has 0 unspecified atom stereocenters. The van der Waals surface area contributed by atoms with Crippen LogP contribution < -0.4 is 0 Å². The van der Waals surface area contributed by atoms with Crippen LogP contribution in [0, 0.1) is 6.92 Å². The Morgan fingerprint density at radius 2 is 2.15 bits per heavy atom. The third-order valence-electron chi connectivity index (χ3n) is 2.26. The van der Waals surface area contributed by atoms with Crippen LogP contribution in [-0.2, 0) is 6.42 Å². The number of halogens is 1. The highest BCUT2D eigenvalue weighted by Gasteiger charge is 2.06. The summed E-state index contributed by atoms with van der Waals surface area (Å²) < 4.78 is 1.31. The lowest BCUT2D eigenvalue weighted by Gasteiger charge is -1.95. The van der Waals surface area contributed by atoms with Gasteiger partial charge in [-0.25, -0.2) is 0 Å². The van der Waals surface area contributed by atoms with E-state index >= 15 is 0 Å². The summed E-state index contributed by atoms with van der Waals surface area (Å²) in [6, 6.07) is 6.51. The van der Waals surface area contributed by atoms with Gasteiger partial charge in [-0.2, -0.15) is 0 Å². The third kappa shape index (κ3) is 1.47. The number of fused-ring (bicyclic) bond motifs is 1. The highest BCUT2D eigenvalue weighted by Crippen LogP contribution is 2.34. The van der Waals surface area contributed by atoms with Gasteiger partial charge < -0.3 is 0 Å². The maximum absolute atomic E-state index is 6.15. The molecule has 1 aromatic carbocycles. The molecular weight excluding hydrogens is 200 g/mol. The number of rotatable bonds is 1. The molecule has 1 heterocycles. The van der Waals surface area contributed by atoms with Crippen molar-refractivity contribution in [3.05, 3.63) is 33.7 Å². The minimum atomic E-state index is 0.919. The molecule has 0 aliphatic heterocycles. The zero-order valence-corrected chi connectivity index (χ0v) is 9.30. The van der Waals surface area contributed by atoms with Crippen LogP contribution in [0.1, 0.15) is 17.4 Å². The lowest BCUT2D eigenvalue weighted by molar-refractivity contribution is 1.15. The molecule has 2 aromatic rings. The van der Waals surface area contributed by atoms with E-state index in [2.05, 4.69) is 32.0 Å². The van der Waals surface area contributed by atoms with Crippen molar-refractivity contribution in [3.63, 3.8) is 0 Å². The Morgan fingerprint density at radius 3 is 2.85 bits per heavy atom. The van der Waals surface area contributed by atoms with E-state index in [0.717, 1.165) is 11.4 Å². The molecule has 0 radical (unpaired) electrons. The van der Waals surface area contributed by atoms with Gasteiger partial charge in [-0.15, -0.1) is 11.3 Å². The fourth-order valence-corrected chi connectivity index (χ4v) is 2.81. The number of hydrogen-bond donors (Lipinski definition) is 0. The largest absolute Gasteiger partial charge is 0.139 e. The van der Waals surface area contributed by atoms with Crippen LogP contribution in [0.2, 0.25) is 5.02 Å². The number of hydrogen-bond acceptors (Lipinski definition) is 1. The molecule has 68 valence electrons. The van der Waals surface area contributed by atoms with Crippen molar-refractivity contribution < 1.29 is 0 Å². The molecule has 0 fully saturated rings. The molecule has 13 heavy (non-hydrogen) atoms. The molecule has 0 amide bonds. The standard InChI is InChI=1S/C11H11ClS/c1-3-8-4-5-9-10(6-8)13-7(2)11(9)12/h4-6H,3H2,1-2H3. The maximum atomic E-state index is 6.15. The predicted octanol–water partition coefficient (Wildman–Crippen LogP) is 4.43. The van der Waals surface area contributed by atoms with Gasteiger partial charge in [0.25, 0.3) is 0 Å². The summed E-state index contributed by atoms with van der Waals surface area (Å²) in [6.07, 6.45) is 1.09. The summed E-state index contributed by atoms with van der Waals surface area (Å²) in [5.41, 5.74) is 1.38. The Hall–Kier alpha value is -0.530. The Labute approximate surface area is 87.2 Å². The van der Waals surface area contributed by atoms with Gasteiger partial charge in [-0.1, -0.05) is 30.7 Å². The van der Waals surface area contributed by atoms with Gasteiger partial charge in [0.2, 0.25) is 0 Å². The quantitative estimate of drug-likeness (QED) is 0.654. The summed E-state index contributed by atoms with van der Waals surface area (Å²) in [5, 5.41) is 2.11. The average Bonchev–Trinajstić information content (AvgIpc) is 2.42. The van der Waals surface area contributed by atoms with Gasteiger partial charge in [0.15, 0.2) is 0 Å². The lowest BCUT2D eigenvalue weighted by Crippen LogP contribution is -1.76. The summed E-state index contributed by atoms with van der Waals surface area (Å²) >= 11 is 7.92. The molecule has 2 rings (SSSR count). The Morgan fingerprint density at radius 1 is 1.38 bits per heavy atom. The molecule has 0 aliphatic rings. The van der Waals surface area contributed by atoms with Crippen LogP contribution in [0.4, 0.5) is 0 Å². The van der Waals surface area contributed by atoms with Gasteiger partial charge >= 0.3 is 0 Å². The third-order valence-corrected chi connectivity index (χ3v) is 3.93.